The number of alkyl halides is 1. The van der Waals surface area contributed by atoms with Crippen LogP contribution in [0.3, 0.4) is 0 Å². The third-order valence-corrected chi connectivity index (χ3v) is 8.39. The molecule has 0 radical (unpaired) electrons. The number of para-hydroxylation sites is 1. The molecule has 2 heterocycles. The topological polar surface area (TPSA) is 110 Å². The number of thiocarbonyl (C=S) groups is 1. The third-order valence-electron chi connectivity index (χ3n) is 8.21. The summed E-state index contributed by atoms with van der Waals surface area (Å²) in [4.78, 5) is 26.7. The zero-order chi connectivity index (χ0) is 34.4. The summed E-state index contributed by atoms with van der Waals surface area (Å²) in [6.45, 7) is -0.236. The van der Waals surface area contributed by atoms with Crippen LogP contribution < -0.4 is 25.5 Å². The Hall–Kier alpha value is -5.30. The van der Waals surface area contributed by atoms with Crippen molar-refractivity contribution < 1.29 is 32.8 Å². The van der Waals surface area contributed by atoms with E-state index in [1.165, 1.54) is 6.20 Å². The molecule has 0 unspecified atom stereocenters. The lowest BCUT2D eigenvalue weighted by atomic mass is 9.80. The number of hydrogen-bond donors (Lipinski definition) is 1. The van der Waals surface area contributed by atoms with Crippen molar-refractivity contribution in [1.29, 1.82) is 0 Å². The number of benzene rings is 4. The summed E-state index contributed by atoms with van der Waals surface area (Å²) in [5.74, 6) is 1.69. The van der Waals surface area contributed by atoms with Crippen molar-refractivity contribution >= 4 is 17.5 Å². The molecule has 5 aromatic rings. The van der Waals surface area contributed by atoms with E-state index < -0.39 is 41.5 Å². The standard InChI is InChI=1S/C37H33FN2O8S/c1-43-27-17-13-25(14-18-27)37(24-9-5-3-6-10-24,26-15-19-28(44-2)20-16-26)45-23-30-33(48-36(49)46-29-11-7-4-8-12-29)32(38)34(47-30)40-22-21-31(41)39-35(40)42/h3-22,30,32-34H,23H2,1-2H3,(H,39,41,42)/t30-,32-,33-,34-/m1/s1. The van der Waals surface area contributed by atoms with Gasteiger partial charge in [0.15, 0.2) is 18.5 Å². The summed E-state index contributed by atoms with van der Waals surface area (Å²) >= 11 is 5.36. The van der Waals surface area contributed by atoms with Gasteiger partial charge >= 0.3 is 10.9 Å². The van der Waals surface area contributed by atoms with E-state index in [0.717, 1.165) is 27.3 Å². The first-order chi connectivity index (χ1) is 23.8. The van der Waals surface area contributed by atoms with Crippen LogP contribution in [0.15, 0.2) is 131 Å². The molecule has 1 aliphatic heterocycles. The highest BCUT2D eigenvalue weighted by Gasteiger charge is 2.50. The molecule has 252 valence electrons. The number of ether oxygens (including phenoxy) is 6. The fourth-order valence-corrected chi connectivity index (χ4v) is 6.03. The molecule has 1 saturated heterocycles. The smallest absolute Gasteiger partial charge is 0.358 e. The summed E-state index contributed by atoms with van der Waals surface area (Å²) in [6, 6.07) is 34.2. The maximum Gasteiger partial charge on any atom is 0.358 e. The normalized spacial score (nSPS) is 18.8. The summed E-state index contributed by atoms with van der Waals surface area (Å²) in [7, 11) is 3.17. The molecule has 4 atom stereocenters. The fraction of sp³-hybridized carbons (Fsp3) is 0.216. The maximum absolute atomic E-state index is 16.4. The van der Waals surface area contributed by atoms with Gasteiger partial charge in [0.2, 0.25) is 0 Å². The van der Waals surface area contributed by atoms with Crippen LogP contribution in [0.25, 0.3) is 0 Å². The number of rotatable bonds is 11. The molecule has 0 amide bonds. The summed E-state index contributed by atoms with van der Waals surface area (Å²) in [5, 5.41) is -0.346. The molecule has 0 aliphatic carbocycles. The zero-order valence-corrected chi connectivity index (χ0v) is 27.4. The van der Waals surface area contributed by atoms with Gasteiger partial charge in [-0.25, -0.2) is 9.18 Å². The first-order valence-corrected chi connectivity index (χ1v) is 15.8. The van der Waals surface area contributed by atoms with Gasteiger partial charge in [0.25, 0.3) is 5.56 Å². The van der Waals surface area contributed by atoms with Gasteiger partial charge in [-0.05, 0) is 53.1 Å². The second-order valence-electron chi connectivity index (χ2n) is 11.1. The van der Waals surface area contributed by atoms with E-state index in [1.54, 1.807) is 38.5 Å². The van der Waals surface area contributed by atoms with Gasteiger partial charge in [-0.15, -0.1) is 0 Å². The highest BCUT2D eigenvalue weighted by Crippen LogP contribution is 2.43. The van der Waals surface area contributed by atoms with Crippen LogP contribution >= 0.6 is 12.2 Å². The number of H-pyrrole nitrogens is 1. The Bertz CT molecular complexity index is 1920. The molecule has 6 rings (SSSR count). The number of hydrogen-bond acceptors (Lipinski definition) is 9. The molecular formula is C37H33FN2O8S. The quantitative estimate of drug-likeness (QED) is 0.142. The van der Waals surface area contributed by atoms with Crippen LogP contribution in [0.2, 0.25) is 0 Å². The van der Waals surface area contributed by atoms with Gasteiger partial charge in [-0.1, -0.05) is 72.8 Å². The average molecular weight is 685 g/mol. The summed E-state index contributed by atoms with van der Waals surface area (Å²) in [6.07, 6.45) is -4.73. The highest BCUT2D eigenvalue weighted by atomic mass is 32.1. The van der Waals surface area contributed by atoms with Gasteiger partial charge in [0.1, 0.15) is 29.0 Å². The van der Waals surface area contributed by atoms with Crippen molar-refractivity contribution in [2.45, 2.75) is 30.2 Å². The molecule has 1 aliphatic rings. The van der Waals surface area contributed by atoms with Crippen molar-refractivity contribution in [3.8, 4) is 17.2 Å². The average Bonchev–Trinajstić information content (AvgIpc) is 3.43. The minimum Gasteiger partial charge on any atom is -0.497 e. The van der Waals surface area contributed by atoms with Gasteiger partial charge in [0, 0.05) is 24.5 Å². The van der Waals surface area contributed by atoms with E-state index in [9.17, 15) is 9.59 Å². The Labute approximate surface area is 286 Å². The van der Waals surface area contributed by atoms with Crippen LogP contribution in [-0.4, -0.2) is 54.0 Å². The van der Waals surface area contributed by atoms with Crippen LogP contribution in [0, 0.1) is 0 Å². The number of aromatic amines is 1. The van der Waals surface area contributed by atoms with Gasteiger partial charge in [0.05, 0.1) is 20.8 Å². The van der Waals surface area contributed by atoms with Gasteiger partial charge in [-0.3, -0.25) is 14.3 Å². The minimum absolute atomic E-state index is 0.236. The van der Waals surface area contributed by atoms with Crippen molar-refractivity contribution in [2.24, 2.45) is 0 Å². The van der Waals surface area contributed by atoms with Crippen LogP contribution in [0.1, 0.15) is 22.9 Å². The fourth-order valence-electron chi connectivity index (χ4n) is 5.82. The Morgan fingerprint density at radius 3 is 1.90 bits per heavy atom. The molecule has 0 spiro atoms. The molecule has 10 nitrogen and oxygen atoms in total. The number of halogens is 1. The van der Waals surface area contributed by atoms with E-state index in [0.29, 0.717) is 17.2 Å². The second kappa shape index (κ2) is 14.9. The van der Waals surface area contributed by atoms with E-state index in [1.807, 2.05) is 84.9 Å². The van der Waals surface area contributed by atoms with Crippen molar-refractivity contribution in [1.82, 2.24) is 9.55 Å². The highest BCUT2D eigenvalue weighted by molar-refractivity contribution is 7.79. The summed E-state index contributed by atoms with van der Waals surface area (Å²) in [5.41, 5.74) is -0.478. The number of methoxy groups -OCH3 is 2. The van der Waals surface area contributed by atoms with E-state index in [-0.39, 0.29) is 11.8 Å². The summed E-state index contributed by atoms with van der Waals surface area (Å²) < 4.78 is 52.9. The monoisotopic (exact) mass is 684 g/mol. The van der Waals surface area contributed by atoms with Crippen LogP contribution in [0.5, 0.6) is 17.2 Å². The lowest BCUT2D eigenvalue weighted by molar-refractivity contribution is -0.0945. The third kappa shape index (κ3) is 7.12. The molecule has 1 fully saturated rings. The molecule has 49 heavy (non-hydrogen) atoms. The Morgan fingerprint density at radius 1 is 0.796 bits per heavy atom. The SMILES string of the molecule is COc1ccc(C(OC[C@H]2O[C@@H](n3ccc(=O)[nH]c3=O)[C@H](F)[C@@H]2OC(=S)Oc2ccccc2)(c2ccccc2)c2ccc(OC)cc2)cc1. The molecule has 1 N–H and O–H groups in total. The molecule has 0 bridgehead atoms. The molecule has 4 aromatic carbocycles. The van der Waals surface area contributed by atoms with Crippen molar-refractivity contribution in [3.05, 3.63) is 159 Å². The maximum atomic E-state index is 16.4. The van der Waals surface area contributed by atoms with Gasteiger partial charge < -0.3 is 28.4 Å². The van der Waals surface area contributed by atoms with Crippen LogP contribution in [0.4, 0.5) is 4.39 Å². The van der Waals surface area contributed by atoms with Gasteiger partial charge in [-0.2, -0.15) is 0 Å². The predicted molar refractivity (Wildman–Crippen MR) is 183 cm³/mol. The molecule has 0 saturated carbocycles. The Balaban J connectivity index is 1.41. The lowest BCUT2D eigenvalue weighted by Gasteiger charge is -2.37. The molecule has 1 aromatic heterocycles. The predicted octanol–water partition coefficient (Wildman–Crippen LogP) is 5.55. The second-order valence-corrected chi connectivity index (χ2v) is 11.4. The van der Waals surface area contributed by atoms with Crippen molar-refractivity contribution in [2.75, 3.05) is 20.8 Å². The Kier molecular flexibility index (Phi) is 10.2. The zero-order valence-electron chi connectivity index (χ0n) is 26.6. The first kappa shape index (κ1) is 33.6. The van der Waals surface area contributed by atoms with E-state index >= 15 is 4.39 Å². The largest absolute Gasteiger partial charge is 0.497 e. The number of nitrogens with zero attached hydrogens (tertiary/aromatic N) is 1. The first-order valence-electron chi connectivity index (χ1n) is 15.4. The van der Waals surface area contributed by atoms with E-state index in [4.69, 9.17) is 40.6 Å². The van der Waals surface area contributed by atoms with Crippen molar-refractivity contribution in [3.63, 3.8) is 0 Å². The minimum atomic E-state index is -1.93. The molecular weight excluding hydrogens is 651 g/mol. The molecule has 12 heteroatoms. The lowest BCUT2D eigenvalue weighted by Crippen LogP contribution is -2.41. The number of aromatic nitrogens is 2. The van der Waals surface area contributed by atoms with Crippen LogP contribution in [-0.2, 0) is 19.8 Å². The number of nitrogens with one attached hydrogen (secondary N) is 1. The Morgan fingerprint density at radius 2 is 1.35 bits per heavy atom. The van der Waals surface area contributed by atoms with E-state index in [2.05, 4.69) is 4.98 Å².